The first kappa shape index (κ1) is 14.7. The van der Waals surface area contributed by atoms with E-state index in [0.29, 0.717) is 6.42 Å². The maximum Gasteiger partial charge on any atom is 0.120 e. The van der Waals surface area contributed by atoms with Gasteiger partial charge in [0, 0.05) is 6.42 Å². The van der Waals surface area contributed by atoms with E-state index in [1.54, 1.807) is 0 Å². The van der Waals surface area contributed by atoms with Gasteiger partial charge in [-0.3, -0.25) is 0 Å². The summed E-state index contributed by atoms with van der Waals surface area (Å²) in [6.45, 7) is 3.03. The first-order valence-corrected chi connectivity index (χ1v) is 7.02. The van der Waals surface area contributed by atoms with Crippen LogP contribution in [-0.4, -0.2) is 12.9 Å². The smallest absolute Gasteiger partial charge is 0.120 e. The minimum absolute atomic E-state index is 0.595. The molecule has 0 radical (unpaired) electrons. The summed E-state index contributed by atoms with van der Waals surface area (Å²) in [5, 5.41) is 0. The molecule has 0 atom stereocenters. The van der Waals surface area contributed by atoms with Crippen LogP contribution in [0.5, 0.6) is 5.75 Å². The van der Waals surface area contributed by atoms with Gasteiger partial charge < -0.3 is 9.53 Å². The van der Waals surface area contributed by atoms with Crippen molar-refractivity contribution >= 4 is 6.29 Å². The summed E-state index contributed by atoms with van der Waals surface area (Å²) in [4.78, 5) is 10.3. The zero-order valence-corrected chi connectivity index (χ0v) is 11.4. The van der Waals surface area contributed by atoms with E-state index >= 15 is 0 Å². The number of carbonyl (C=O) groups is 1. The topological polar surface area (TPSA) is 26.3 Å². The summed E-state index contributed by atoms with van der Waals surface area (Å²) in [5.74, 6) is 0.931. The summed E-state index contributed by atoms with van der Waals surface area (Å²) < 4.78 is 5.68. The van der Waals surface area contributed by atoms with Crippen LogP contribution >= 0.6 is 0 Å². The van der Waals surface area contributed by atoms with Crippen molar-refractivity contribution in [1.29, 1.82) is 0 Å². The number of unbranched alkanes of at least 4 members (excludes halogenated alkanes) is 4. The van der Waals surface area contributed by atoms with E-state index in [0.717, 1.165) is 31.5 Å². The van der Waals surface area contributed by atoms with Crippen molar-refractivity contribution in [1.82, 2.24) is 0 Å². The third-order valence-corrected chi connectivity index (χ3v) is 2.99. The van der Waals surface area contributed by atoms with Crippen molar-refractivity contribution < 1.29 is 9.53 Å². The third kappa shape index (κ3) is 6.43. The van der Waals surface area contributed by atoms with Crippen LogP contribution in [-0.2, 0) is 11.2 Å². The molecular formula is C16H24O2. The molecule has 0 amide bonds. The second-order valence-corrected chi connectivity index (χ2v) is 4.61. The lowest BCUT2D eigenvalue weighted by molar-refractivity contribution is -0.107. The normalized spacial score (nSPS) is 10.3. The molecule has 0 bridgehead atoms. The maximum absolute atomic E-state index is 10.3. The molecule has 1 aromatic carbocycles. The number of benzene rings is 1. The number of hydrogen-bond donors (Lipinski definition) is 0. The van der Waals surface area contributed by atoms with E-state index in [1.807, 2.05) is 24.3 Å². The van der Waals surface area contributed by atoms with Gasteiger partial charge in [-0.2, -0.15) is 0 Å². The lowest BCUT2D eigenvalue weighted by atomic mass is 10.1. The van der Waals surface area contributed by atoms with Crippen LogP contribution in [0.3, 0.4) is 0 Å². The Morgan fingerprint density at radius 1 is 1.06 bits per heavy atom. The molecule has 18 heavy (non-hydrogen) atoms. The number of rotatable bonds is 10. The molecule has 100 valence electrons. The molecule has 1 aromatic rings. The Morgan fingerprint density at radius 3 is 2.44 bits per heavy atom. The molecule has 0 N–H and O–H groups in total. The summed E-state index contributed by atoms with van der Waals surface area (Å²) in [7, 11) is 0. The molecule has 2 nitrogen and oxygen atoms in total. The van der Waals surface area contributed by atoms with Gasteiger partial charge in [0.2, 0.25) is 0 Å². The molecule has 0 spiro atoms. The number of carbonyl (C=O) groups excluding carboxylic acids is 1. The number of aryl methyl sites for hydroxylation is 1. The Morgan fingerprint density at radius 2 is 1.78 bits per heavy atom. The molecule has 0 fully saturated rings. The number of aldehydes is 1. The Balaban J connectivity index is 2.16. The van der Waals surface area contributed by atoms with Crippen LogP contribution in [0.25, 0.3) is 0 Å². The molecule has 0 aromatic heterocycles. The second kappa shape index (κ2) is 9.69. The second-order valence-electron chi connectivity index (χ2n) is 4.61. The Kier molecular flexibility index (Phi) is 7.94. The van der Waals surface area contributed by atoms with Gasteiger partial charge >= 0.3 is 0 Å². The largest absolute Gasteiger partial charge is 0.494 e. The van der Waals surface area contributed by atoms with Crippen molar-refractivity contribution in [3.63, 3.8) is 0 Å². The third-order valence-electron chi connectivity index (χ3n) is 2.99. The summed E-state index contributed by atoms with van der Waals surface area (Å²) in [6.07, 6.45) is 8.68. The van der Waals surface area contributed by atoms with Crippen molar-refractivity contribution in [2.75, 3.05) is 6.61 Å². The summed E-state index contributed by atoms with van der Waals surface area (Å²) in [5.41, 5.74) is 1.19. The van der Waals surface area contributed by atoms with Crippen LogP contribution in [0, 0.1) is 0 Å². The van der Waals surface area contributed by atoms with Crippen LogP contribution in [0.15, 0.2) is 24.3 Å². The zero-order valence-electron chi connectivity index (χ0n) is 11.4. The highest BCUT2D eigenvalue weighted by Crippen LogP contribution is 2.14. The van der Waals surface area contributed by atoms with Crippen molar-refractivity contribution in [3.8, 4) is 5.75 Å². The van der Waals surface area contributed by atoms with E-state index < -0.39 is 0 Å². The minimum atomic E-state index is 0.595. The molecule has 0 aliphatic rings. The molecular weight excluding hydrogens is 224 g/mol. The van der Waals surface area contributed by atoms with Gasteiger partial charge in [0.05, 0.1) is 6.61 Å². The highest BCUT2D eigenvalue weighted by molar-refractivity contribution is 5.50. The minimum Gasteiger partial charge on any atom is -0.494 e. The Labute approximate surface area is 110 Å². The van der Waals surface area contributed by atoms with E-state index in [-0.39, 0.29) is 0 Å². The van der Waals surface area contributed by atoms with Crippen LogP contribution in [0.2, 0.25) is 0 Å². The average Bonchev–Trinajstić information content (AvgIpc) is 2.42. The van der Waals surface area contributed by atoms with E-state index in [2.05, 4.69) is 6.92 Å². The number of ether oxygens (including phenoxy) is 1. The van der Waals surface area contributed by atoms with Crippen molar-refractivity contribution in [3.05, 3.63) is 29.8 Å². The lowest BCUT2D eigenvalue weighted by Gasteiger charge is -2.06. The van der Waals surface area contributed by atoms with Gasteiger partial charge in [0.1, 0.15) is 12.0 Å². The van der Waals surface area contributed by atoms with Crippen LogP contribution in [0.1, 0.15) is 51.0 Å². The van der Waals surface area contributed by atoms with E-state index in [1.165, 1.54) is 31.2 Å². The highest BCUT2D eigenvalue weighted by Gasteiger charge is 1.96. The van der Waals surface area contributed by atoms with Gasteiger partial charge in [-0.05, 0) is 30.5 Å². The predicted molar refractivity (Wildman–Crippen MR) is 75.1 cm³/mol. The highest BCUT2D eigenvalue weighted by atomic mass is 16.5. The predicted octanol–water partition coefficient (Wildman–Crippen LogP) is 4.17. The monoisotopic (exact) mass is 248 g/mol. The standard InChI is InChI=1S/C16H24O2/c1-2-3-4-5-6-14-18-16-11-9-15(10-12-16)8-7-13-17/h9-13H,2-8,14H2,1H3. The van der Waals surface area contributed by atoms with Gasteiger partial charge in [-0.25, -0.2) is 0 Å². The van der Waals surface area contributed by atoms with E-state index in [9.17, 15) is 4.79 Å². The lowest BCUT2D eigenvalue weighted by Crippen LogP contribution is -1.97. The molecule has 0 unspecified atom stereocenters. The summed E-state index contributed by atoms with van der Waals surface area (Å²) in [6, 6.07) is 8.06. The zero-order chi connectivity index (χ0) is 13.1. The molecule has 0 saturated heterocycles. The molecule has 0 aliphatic carbocycles. The fourth-order valence-electron chi connectivity index (χ4n) is 1.87. The fraction of sp³-hybridized carbons (Fsp3) is 0.562. The van der Waals surface area contributed by atoms with Crippen LogP contribution < -0.4 is 4.74 Å². The molecule has 2 heteroatoms. The quantitative estimate of drug-likeness (QED) is 0.459. The first-order chi connectivity index (χ1) is 8.86. The van der Waals surface area contributed by atoms with Gasteiger partial charge in [0.25, 0.3) is 0 Å². The maximum atomic E-state index is 10.3. The molecule has 0 saturated carbocycles. The van der Waals surface area contributed by atoms with Gasteiger partial charge in [0.15, 0.2) is 0 Å². The Bertz CT molecular complexity index is 316. The fourth-order valence-corrected chi connectivity index (χ4v) is 1.87. The van der Waals surface area contributed by atoms with Crippen molar-refractivity contribution in [2.24, 2.45) is 0 Å². The summed E-state index contributed by atoms with van der Waals surface area (Å²) >= 11 is 0. The Hall–Kier alpha value is -1.31. The average molecular weight is 248 g/mol. The van der Waals surface area contributed by atoms with Crippen LogP contribution in [0.4, 0.5) is 0 Å². The SMILES string of the molecule is CCCCCCCOc1ccc(CCC=O)cc1. The molecule has 0 aliphatic heterocycles. The van der Waals surface area contributed by atoms with Gasteiger partial charge in [-0.15, -0.1) is 0 Å². The molecule has 0 heterocycles. The van der Waals surface area contributed by atoms with Gasteiger partial charge in [-0.1, -0.05) is 44.7 Å². The van der Waals surface area contributed by atoms with Crippen molar-refractivity contribution in [2.45, 2.75) is 51.9 Å². The first-order valence-electron chi connectivity index (χ1n) is 7.02. The van der Waals surface area contributed by atoms with E-state index in [4.69, 9.17) is 4.74 Å². The number of hydrogen-bond acceptors (Lipinski definition) is 2. The molecule has 1 rings (SSSR count).